The summed E-state index contributed by atoms with van der Waals surface area (Å²) in [5, 5.41) is 12.7. The molecular weight excluding hydrogens is 308 g/mol. The number of morpholine rings is 1. The van der Waals surface area contributed by atoms with E-state index in [2.05, 4.69) is 10.2 Å². The Balaban J connectivity index is 0.00000242. The van der Waals surface area contributed by atoms with Gasteiger partial charge in [-0.25, -0.2) is 0 Å². The Labute approximate surface area is 136 Å². The number of nitrogens with one attached hydrogen (secondary N) is 1. The van der Waals surface area contributed by atoms with Crippen LogP contribution < -0.4 is 10.1 Å². The van der Waals surface area contributed by atoms with Crippen LogP contribution in [-0.2, 0) is 9.53 Å². The van der Waals surface area contributed by atoms with Crippen molar-refractivity contribution >= 4 is 24.0 Å². The van der Waals surface area contributed by atoms with E-state index in [1.165, 1.54) is 6.92 Å². The lowest BCUT2D eigenvalue weighted by atomic mass is 10.3. The van der Waals surface area contributed by atoms with Gasteiger partial charge in [0, 0.05) is 32.2 Å². The molecule has 124 valence electrons. The van der Waals surface area contributed by atoms with Crippen molar-refractivity contribution in [3.05, 3.63) is 24.3 Å². The highest BCUT2D eigenvalue weighted by molar-refractivity contribution is 5.88. The van der Waals surface area contributed by atoms with E-state index >= 15 is 0 Å². The van der Waals surface area contributed by atoms with E-state index < -0.39 is 6.10 Å². The number of β-amino-alcohol motifs (C(OH)–C–C–N with tert-alkyl or cyclic N) is 1. The number of benzene rings is 1. The van der Waals surface area contributed by atoms with E-state index in [1.54, 1.807) is 24.3 Å². The van der Waals surface area contributed by atoms with Gasteiger partial charge in [-0.2, -0.15) is 0 Å². The summed E-state index contributed by atoms with van der Waals surface area (Å²) in [6, 6.07) is 7.08. The van der Waals surface area contributed by atoms with E-state index in [1.807, 2.05) is 0 Å². The highest BCUT2D eigenvalue weighted by Gasteiger charge is 2.15. The van der Waals surface area contributed by atoms with Gasteiger partial charge in [-0.1, -0.05) is 0 Å². The molecule has 0 spiro atoms. The number of rotatable bonds is 6. The smallest absolute Gasteiger partial charge is 0.221 e. The summed E-state index contributed by atoms with van der Waals surface area (Å²) in [6.07, 6.45) is -0.530. The maximum Gasteiger partial charge on any atom is 0.221 e. The van der Waals surface area contributed by atoms with Gasteiger partial charge in [0.15, 0.2) is 0 Å². The summed E-state index contributed by atoms with van der Waals surface area (Å²) in [5.41, 5.74) is 0.726. The standard InChI is InChI=1S/C15H22N2O4.ClH/c1-12(18)16-13-2-4-15(5-3-13)21-11-14(19)10-17-6-8-20-9-7-17;/h2-5,14,19H,6-11H2,1H3,(H,16,18);1H. The van der Waals surface area contributed by atoms with Crippen molar-refractivity contribution < 1.29 is 19.4 Å². The van der Waals surface area contributed by atoms with Crippen LogP contribution >= 0.6 is 12.4 Å². The molecule has 1 unspecified atom stereocenters. The number of carbonyl (C=O) groups excluding carboxylic acids is 1. The predicted octanol–water partition coefficient (Wildman–Crippen LogP) is 1.14. The van der Waals surface area contributed by atoms with Gasteiger partial charge in [0.25, 0.3) is 0 Å². The summed E-state index contributed by atoms with van der Waals surface area (Å²) in [6.45, 7) is 5.44. The third kappa shape index (κ3) is 6.62. The molecule has 1 aromatic rings. The molecule has 1 atom stereocenters. The van der Waals surface area contributed by atoms with Crippen LogP contribution in [0.25, 0.3) is 0 Å². The van der Waals surface area contributed by atoms with Crippen LogP contribution in [-0.4, -0.2) is 61.5 Å². The Hall–Kier alpha value is -1.34. The lowest BCUT2D eigenvalue weighted by molar-refractivity contribution is -0.114. The van der Waals surface area contributed by atoms with Crippen molar-refractivity contribution in [2.75, 3.05) is 44.8 Å². The van der Waals surface area contributed by atoms with E-state index in [9.17, 15) is 9.90 Å². The average Bonchev–Trinajstić information content (AvgIpc) is 2.47. The first-order valence-electron chi connectivity index (χ1n) is 7.12. The van der Waals surface area contributed by atoms with Crippen LogP contribution in [0, 0.1) is 0 Å². The molecule has 1 fully saturated rings. The SMILES string of the molecule is CC(=O)Nc1ccc(OCC(O)CN2CCOCC2)cc1.Cl. The zero-order valence-electron chi connectivity index (χ0n) is 12.7. The second kappa shape index (κ2) is 9.63. The molecule has 1 aromatic carbocycles. The number of halogens is 1. The highest BCUT2D eigenvalue weighted by Crippen LogP contribution is 2.16. The quantitative estimate of drug-likeness (QED) is 0.818. The van der Waals surface area contributed by atoms with Crippen LogP contribution in [0.4, 0.5) is 5.69 Å². The predicted molar refractivity (Wildman–Crippen MR) is 86.8 cm³/mol. The third-order valence-electron chi connectivity index (χ3n) is 3.19. The topological polar surface area (TPSA) is 71.0 Å². The zero-order chi connectivity index (χ0) is 15.1. The first kappa shape index (κ1) is 18.7. The van der Waals surface area contributed by atoms with Crippen molar-refractivity contribution in [2.45, 2.75) is 13.0 Å². The minimum absolute atomic E-state index is 0. The molecule has 1 amide bonds. The summed E-state index contributed by atoms with van der Waals surface area (Å²) in [4.78, 5) is 13.1. The Morgan fingerprint density at radius 2 is 2.00 bits per heavy atom. The average molecular weight is 331 g/mol. The summed E-state index contributed by atoms with van der Waals surface area (Å²) in [7, 11) is 0. The molecule has 1 heterocycles. The highest BCUT2D eigenvalue weighted by atomic mass is 35.5. The summed E-state index contributed by atoms with van der Waals surface area (Å²) >= 11 is 0. The van der Waals surface area contributed by atoms with Crippen LogP contribution in [0.15, 0.2) is 24.3 Å². The maximum absolute atomic E-state index is 10.9. The fourth-order valence-electron chi connectivity index (χ4n) is 2.16. The molecule has 1 saturated heterocycles. The number of anilines is 1. The van der Waals surface area contributed by atoms with Crippen molar-refractivity contribution in [2.24, 2.45) is 0 Å². The number of aliphatic hydroxyl groups excluding tert-OH is 1. The van der Waals surface area contributed by atoms with E-state index in [0.717, 1.165) is 32.0 Å². The maximum atomic E-state index is 10.9. The number of carbonyl (C=O) groups is 1. The normalized spacial score (nSPS) is 16.5. The van der Waals surface area contributed by atoms with Gasteiger partial charge in [0.2, 0.25) is 5.91 Å². The molecule has 1 aliphatic heterocycles. The molecule has 0 aromatic heterocycles. The van der Waals surface area contributed by atoms with Gasteiger partial charge in [-0.05, 0) is 24.3 Å². The molecule has 22 heavy (non-hydrogen) atoms. The first-order chi connectivity index (χ1) is 10.1. The largest absolute Gasteiger partial charge is 0.491 e. The molecule has 1 aliphatic rings. The summed E-state index contributed by atoms with van der Waals surface area (Å²) < 4.78 is 10.8. The number of nitrogens with zero attached hydrogens (tertiary/aromatic N) is 1. The molecule has 2 rings (SSSR count). The summed E-state index contributed by atoms with van der Waals surface area (Å²) in [5.74, 6) is 0.565. The molecule has 0 aliphatic carbocycles. The van der Waals surface area contributed by atoms with Gasteiger partial charge in [0.05, 0.1) is 13.2 Å². The Morgan fingerprint density at radius 1 is 1.36 bits per heavy atom. The van der Waals surface area contributed by atoms with Crippen molar-refractivity contribution in [1.29, 1.82) is 0 Å². The number of hydrogen-bond donors (Lipinski definition) is 2. The zero-order valence-corrected chi connectivity index (χ0v) is 13.5. The molecule has 6 nitrogen and oxygen atoms in total. The van der Waals surface area contributed by atoms with Crippen LogP contribution in [0.3, 0.4) is 0 Å². The Morgan fingerprint density at radius 3 is 2.59 bits per heavy atom. The fourth-order valence-corrected chi connectivity index (χ4v) is 2.16. The van der Waals surface area contributed by atoms with Crippen LogP contribution in [0.1, 0.15) is 6.92 Å². The van der Waals surface area contributed by atoms with Crippen molar-refractivity contribution in [1.82, 2.24) is 4.90 Å². The molecular formula is C15H23ClN2O4. The second-order valence-electron chi connectivity index (χ2n) is 5.08. The molecule has 7 heteroatoms. The van der Waals surface area contributed by atoms with Crippen molar-refractivity contribution in [3.8, 4) is 5.75 Å². The second-order valence-corrected chi connectivity index (χ2v) is 5.08. The monoisotopic (exact) mass is 330 g/mol. The van der Waals surface area contributed by atoms with Crippen LogP contribution in [0.5, 0.6) is 5.75 Å². The fraction of sp³-hybridized carbons (Fsp3) is 0.533. The van der Waals surface area contributed by atoms with E-state index in [4.69, 9.17) is 9.47 Å². The lowest BCUT2D eigenvalue weighted by Gasteiger charge is -2.28. The van der Waals surface area contributed by atoms with Gasteiger partial charge >= 0.3 is 0 Å². The Kier molecular flexibility index (Phi) is 8.19. The van der Waals surface area contributed by atoms with Crippen LogP contribution in [0.2, 0.25) is 0 Å². The van der Waals surface area contributed by atoms with Gasteiger partial charge < -0.3 is 19.9 Å². The number of ether oxygens (including phenoxy) is 2. The molecule has 2 N–H and O–H groups in total. The Bertz CT molecular complexity index is 449. The molecule has 0 radical (unpaired) electrons. The van der Waals surface area contributed by atoms with E-state index in [-0.39, 0.29) is 24.9 Å². The number of amides is 1. The third-order valence-corrected chi connectivity index (χ3v) is 3.19. The first-order valence-corrected chi connectivity index (χ1v) is 7.12. The van der Waals surface area contributed by atoms with Gasteiger partial charge in [-0.3, -0.25) is 9.69 Å². The molecule has 0 saturated carbocycles. The number of aliphatic hydroxyl groups is 1. The van der Waals surface area contributed by atoms with Crippen molar-refractivity contribution in [3.63, 3.8) is 0 Å². The molecule has 0 bridgehead atoms. The van der Waals surface area contributed by atoms with Gasteiger partial charge in [-0.15, -0.1) is 12.4 Å². The minimum atomic E-state index is -0.530. The minimum Gasteiger partial charge on any atom is -0.491 e. The van der Waals surface area contributed by atoms with E-state index in [0.29, 0.717) is 12.3 Å². The number of hydrogen-bond acceptors (Lipinski definition) is 5. The lowest BCUT2D eigenvalue weighted by Crippen LogP contribution is -2.42. The van der Waals surface area contributed by atoms with Gasteiger partial charge in [0.1, 0.15) is 18.5 Å².